The van der Waals surface area contributed by atoms with E-state index in [1.807, 2.05) is 13.8 Å². The van der Waals surface area contributed by atoms with E-state index in [0.29, 0.717) is 10.0 Å². The minimum absolute atomic E-state index is 0.250. The van der Waals surface area contributed by atoms with Crippen molar-refractivity contribution in [2.45, 2.75) is 33.1 Å². The molecule has 1 saturated heterocycles. The lowest BCUT2D eigenvalue weighted by Crippen LogP contribution is -2.21. The second-order valence-corrected chi connectivity index (χ2v) is 4.71. The van der Waals surface area contributed by atoms with Gasteiger partial charge in [-0.2, -0.15) is 0 Å². The van der Waals surface area contributed by atoms with E-state index in [1.54, 1.807) is 0 Å². The van der Waals surface area contributed by atoms with Gasteiger partial charge in [-0.15, -0.1) is 0 Å². The first-order valence-corrected chi connectivity index (χ1v) is 6.66. The van der Waals surface area contributed by atoms with Gasteiger partial charge >= 0.3 is 0 Å². The molecule has 0 saturated carbocycles. The zero-order chi connectivity index (χ0) is 14.0. The van der Waals surface area contributed by atoms with E-state index in [1.165, 1.54) is 32.4 Å². The van der Waals surface area contributed by atoms with E-state index >= 15 is 0 Å². The molecule has 1 aliphatic heterocycles. The molecule has 0 radical (unpaired) electrons. The number of nitrogens with one attached hydrogen (secondary N) is 2. The molecule has 18 heavy (non-hydrogen) atoms. The maximum Gasteiger partial charge on any atom is 0.204 e. The van der Waals surface area contributed by atoms with Gasteiger partial charge in [0.25, 0.3) is 0 Å². The molecule has 4 nitrogen and oxygen atoms in total. The summed E-state index contributed by atoms with van der Waals surface area (Å²) in [5, 5.41) is 4.55. The van der Waals surface area contributed by atoms with Crippen LogP contribution >= 0.6 is 23.2 Å². The molecule has 2 rings (SSSR count). The van der Waals surface area contributed by atoms with Crippen LogP contribution in [0.1, 0.15) is 30.7 Å². The number of rotatable bonds is 0. The molecule has 0 spiro atoms. The maximum absolute atomic E-state index is 8.58. The Morgan fingerprint density at radius 1 is 1.06 bits per heavy atom. The Labute approximate surface area is 118 Å². The molecule has 104 valence electrons. The summed E-state index contributed by atoms with van der Waals surface area (Å²) >= 11 is 11.5. The summed E-state index contributed by atoms with van der Waals surface area (Å²) in [5.74, 6) is 0. The fraction of sp³-hybridized carbons (Fsp3) is 0.583. The molecule has 1 aliphatic rings. The number of H-pyrrole nitrogens is 1. The first-order valence-electron chi connectivity index (χ1n) is 5.90. The topological polar surface area (TPSA) is 70.9 Å². The quantitative estimate of drug-likeness (QED) is 0.644. The lowest BCUT2D eigenvalue weighted by Gasteiger charge is -2.08. The third-order valence-electron chi connectivity index (χ3n) is 2.43. The Hall–Kier alpha value is -0.710. The van der Waals surface area contributed by atoms with Crippen molar-refractivity contribution in [1.29, 1.82) is 0 Å². The Morgan fingerprint density at radius 2 is 1.44 bits per heavy atom. The molecular formula is C12H21Cl2N3O. The van der Waals surface area contributed by atoms with Gasteiger partial charge in [0.1, 0.15) is 0 Å². The molecule has 0 unspecified atom stereocenters. The van der Waals surface area contributed by atoms with Crippen LogP contribution in [0.15, 0.2) is 0 Å². The molecule has 0 aromatic carbocycles. The van der Waals surface area contributed by atoms with Crippen LogP contribution in [0.4, 0.5) is 0 Å². The van der Waals surface area contributed by atoms with Crippen LogP contribution in [0, 0.1) is 13.8 Å². The van der Waals surface area contributed by atoms with Crippen molar-refractivity contribution >= 4 is 29.6 Å². The second-order valence-electron chi connectivity index (χ2n) is 3.95. The standard InChI is InChI=1S/C6H7Cl2N.C5H11N.CH3NO/c1-3-5(7)6(8)4(2)9-3;1-2-4-6-5-3-1;2-1-3/h9H,1-2H3;6H,1-5H2;1H,(H2,2,3). The van der Waals surface area contributed by atoms with Crippen molar-refractivity contribution < 1.29 is 4.79 Å². The highest BCUT2D eigenvalue weighted by Crippen LogP contribution is 2.27. The summed E-state index contributed by atoms with van der Waals surface area (Å²) in [6, 6.07) is 0. The molecular weight excluding hydrogens is 273 g/mol. The highest BCUT2D eigenvalue weighted by Gasteiger charge is 2.05. The van der Waals surface area contributed by atoms with E-state index < -0.39 is 0 Å². The Morgan fingerprint density at radius 3 is 1.56 bits per heavy atom. The molecule has 6 heteroatoms. The zero-order valence-corrected chi connectivity index (χ0v) is 12.4. The second kappa shape index (κ2) is 10.2. The van der Waals surface area contributed by atoms with E-state index in [-0.39, 0.29) is 6.41 Å². The summed E-state index contributed by atoms with van der Waals surface area (Å²) in [6.07, 6.45) is 4.47. The van der Waals surface area contributed by atoms with E-state index in [0.717, 1.165) is 11.4 Å². The minimum atomic E-state index is 0.250. The molecule has 1 amide bonds. The Bertz CT molecular complexity index is 315. The normalized spacial score (nSPS) is 13.8. The van der Waals surface area contributed by atoms with Crippen molar-refractivity contribution in [3.63, 3.8) is 0 Å². The SMILES string of the molecule is C1CCNCC1.Cc1[nH]c(C)c(Cl)c1Cl.NC=O. The van der Waals surface area contributed by atoms with Crippen LogP contribution in [0.5, 0.6) is 0 Å². The number of aromatic amines is 1. The lowest BCUT2D eigenvalue weighted by molar-refractivity contribution is -0.106. The fourth-order valence-electron chi connectivity index (χ4n) is 1.52. The highest BCUT2D eigenvalue weighted by molar-refractivity contribution is 6.42. The summed E-state index contributed by atoms with van der Waals surface area (Å²) < 4.78 is 0. The fourth-order valence-corrected chi connectivity index (χ4v) is 1.90. The van der Waals surface area contributed by atoms with E-state index in [4.69, 9.17) is 28.0 Å². The van der Waals surface area contributed by atoms with E-state index in [9.17, 15) is 0 Å². The number of halogens is 2. The highest BCUT2D eigenvalue weighted by atomic mass is 35.5. The molecule has 1 fully saturated rings. The number of piperidine rings is 1. The molecule has 0 atom stereocenters. The van der Waals surface area contributed by atoms with Crippen molar-refractivity contribution in [1.82, 2.24) is 10.3 Å². The average molecular weight is 294 g/mol. The number of hydrogen-bond acceptors (Lipinski definition) is 2. The van der Waals surface area contributed by atoms with Gasteiger partial charge in [0.15, 0.2) is 0 Å². The number of hydrogen-bond donors (Lipinski definition) is 3. The summed E-state index contributed by atoms with van der Waals surface area (Å²) in [7, 11) is 0. The molecule has 0 bridgehead atoms. The Balaban J connectivity index is 0.000000278. The molecule has 2 heterocycles. The smallest absolute Gasteiger partial charge is 0.204 e. The van der Waals surface area contributed by atoms with Crippen molar-refractivity contribution in [3.8, 4) is 0 Å². The average Bonchev–Trinajstić information content (AvgIpc) is 2.60. The van der Waals surface area contributed by atoms with Crippen molar-refractivity contribution in [2.75, 3.05) is 13.1 Å². The summed E-state index contributed by atoms with van der Waals surface area (Å²) in [4.78, 5) is 11.6. The predicted molar refractivity (Wildman–Crippen MR) is 77.3 cm³/mol. The molecule has 1 aromatic rings. The minimum Gasteiger partial charge on any atom is -0.372 e. The largest absolute Gasteiger partial charge is 0.372 e. The van der Waals surface area contributed by atoms with Gasteiger partial charge in [-0.3, -0.25) is 4.79 Å². The van der Waals surface area contributed by atoms with Crippen LogP contribution in [-0.4, -0.2) is 24.5 Å². The van der Waals surface area contributed by atoms with Crippen LogP contribution in [0.25, 0.3) is 0 Å². The Kier molecular flexibility index (Phi) is 9.83. The predicted octanol–water partition coefficient (Wildman–Crippen LogP) is 2.80. The number of carbonyl (C=O) groups excluding carboxylic acids is 1. The van der Waals surface area contributed by atoms with Crippen molar-refractivity contribution in [3.05, 3.63) is 21.4 Å². The number of aromatic nitrogens is 1. The van der Waals surface area contributed by atoms with Gasteiger partial charge in [-0.05, 0) is 39.8 Å². The van der Waals surface area contributed by atoms with Gasteiger partial charge < -0.3 is 16.0 Å². The van der Waals surface area contributed by atoms with Gasteiger partial charge in [0, 0.05) is 11.4 Å². The molecule has 0 aliphatic carbocycles. The molecule has 4 N–H and O–H groups in total. The van der Waals surface area contributed by atoms with Crippen LogP contribution < -0.4 is 11.1 Å². The number of primary amides is 1. The van der Waals surface area contributed by atoms with Gasteiger partial charge in [-0.25, -0.2) is 0 Å². The first-order chi connectivity index (χ1) is 8.54. The third-order valence-corrected chi connectivity index (χ3v) is 3.47. The number of amides is 1. The summed E-state index contributed by atoms with van der Waals surface area (Å²) in [6.45, 7) is 6.28. The van der Waals surface area contributed by atoms with Gasteiger partial charge in [-0.1, -0.05) is 29.6 Å². The van der Waals surface area contributed by atoms with Crippen LogP contribution in [0.2, 0.25) is 10.0 Å². The van der Waals surface area contributed by atoms with E-state index in [2.05, 4.69) is 16.0 Å². The first kappa shape index (κ1) is 17.3. The van der Waals surface area contributed by atoms with Gasteiger partial charge in [0.2, 0.25) is 6.41 Å². The third kappa shape index (κ3) is 6.89. The maximum atomic E-state index is 8.58. The number of nitrogens with two attached hydrogens (primary N) is 1. The van der Waals surface area contributed by atoms with Crippen LogP contribution in [0.3, 0.4) is 0 Å². The van der Waals surface area contributed by atoms with Crippen molar-refractivity contribution in [2.24, 2.45) is 5.73 Å². The number of aryl methyl sites for hydroxylation is 2. The van der Waals surface area contributed by atoms with Gasteiger partial charge in [0.05, 0.1) is 10.0 Å². The number of carbonyl (C=O) groups is 1. The van der Waals surface area contributed by atoms with Crippen LogP contribution in [-0.2, 0) is 4.79 Å². The zero-order valence-electron chi connectivity index (χ0n) is 10.9. The summed E-state index contributed by atoms with van der Waals surface area (Å²) in [5.41, 5.74) is 6.03. The molecule has 1 aromatic heterocycles. The lowest BCUT2D eigenvalue weighted by atomic mass is 10.2. The monoisotopic (exact) mass is 293 g/mol.